The summed E-state index contributed by atoms with van der Waals surface area (Å²) < 4.78 is 5.20. The van der Waals surface area contributed by atoms with Gasteiger partial charge in [0.1, 0.15) is 0 Å². The molecule has 24 heavy (non-hydrogen) atoms. The lowest BCUT2D eigenvalue weighted by Gasteiger charge is -2.26. The Bertz CT molecular complexity index is 610. The number of Topliss-reactive ketones (excluding diaryl/α,β-unsaturated/α-hetero) is 1. The second-order valence-electron chi connectivity index (χ2n) is 8.39. The molecule has 0 radical (unpaired) electrons. The molecule has 1 aliphatic rings. The number of carbonyl (C=O) groups is 2. The van der Waals surface area contributed by atoms with E-state index in [1.807, 2.05) is 41.5 Å². The van der Waals surface area contributed by atoms with Crippen LogP contribution in [0.25, 0.3) is 0 Å². The highest BCUT2D eigenvalue weighted by molar-refractivity contribution is 5.99. The molecular weight excluding hydrogens is 308 g/mol. The van der Waals surface area contributed by atoms with Crippen LogP contribution in [0.5, 0.6) is 0 Å². The third kappa shape index (κ3) is 4.41. The molecule has 0 aromatic carbocycles. The van der Waals surface area contributed by atoms with Crippen LogP contribution in [-0.2, 0) is 10.2 Å². The van der Waals surface area contributed by atoms with Crippen molar-refractivity contribution >= 4 is 11.7 Å². The predicted molar refractivity (Wildman–Crippen MR) is 89.8 cm³/mol. The Morgan fingerprint density at radius 3 is 2.46 bits per heavy atom. The number of hydrogen-bond donors (Lipinski definition) is 1. The van der Waals surface area contributed by atoms with Gasteiger partial charge in [0.2, 0.25) is 23.4 Å². The Balaban J connectivity index is 2.08. The van der Waals surface area contributed by atoms with Crippen LogP contribution >= 0.6 is 0 Å². The number of nitrogens with one attached hydrogen (secondary N) is 1. The zero-order valence-corrected chi connectivity index (χ0v) is 15.5. The van der Waals surface area contributed by atoms with Crippen LogP contribution in [0, 0.1) is 0 Å². The molecular formula is C17H28N4O3. The van der Waals surface area contributed by atoms with Crippen molar-refractivity contribution in [2.45, 2.75) is 71.4 Å². The number of hydrogen-bond acceptors (Lipinski definition) is 6. The van der Waals surface area contributed by atoms with E-state index in [0.29, 0.717) is 18.9 Å². The van der Waals surface area contributed by atoms with Gasteiger partial charge in [-0.2, -0.15) is 4.98 Å². The summed E-state index contributed by atoms with van der Waals surface area (Å²) in [5, 5.41) is 6.99. The van der Waals surface area contributed by atoms with Crippen LogP contribution in [0.1, 0.15) is 70.9 Å². The summed E-state index contributed by atoms with van der Waals surface area (Å²) >= 11 is 0. The second kappa shape index (κ2) is 6.63. The van der Waals surface area contributed by atoms with Gasteiger partial charge in [-0.1, -0.05) is 25.9 Å². The van der Waals surface area contributed by atoms with E-state index < -0.39 is 6.04 Å². The third-order valence-electron chi connectivity index (χ3n) is 3.93. The summed E-state index contributed by atoms with van der Waals surface area (Å²) in [6.07, 6.45) is 1.45. The first-order valence-electron chi connectivity index (χ1n) is 8.42. The van der Waals surface area contributed by atoms with E-state index >= 15 is 0 Å². The van der Waals surface area contributed by atoms with Gasteiger partial charge in [0.05, 0.1) is 12.6 Å². The lowest BCUT2D eigenvalue weighted by molar-refractivity contribution is -0.130. The van der Waals surface area contributed by atoms with Crippen LogP contribution in [0.4, 0.5) is 0 Å². The number of aromatic nitrogens is 2. The van der Waals surface area contributed by atoms with Crippen LogP contribution in [0.2, 0.25) is 0 Å². The number of amides is 1. The third-order valence-corrected chi connectivity index (χ3v) is 3.93. The van der Waals surface area contributed by atoms with Crippen molar-refractivity contribution in [1.82, 2.24) is 20.4 Å². The molecule has 1 saturated heterocycles. The van der Waals surface area contributed by atoms with Gasteiger partial charge in [-0.25, -0.2) is 0 Å². The Morgan fingerprint density at radius 1 is 1.25 bits per heavy atom. The van der Waals surface area contributed by atoms with E-state index in [2.05, 4.69) is 15.5 Å². The van der Waals surface area contributed by atoms with Crippen molar-refractivity contribution < 1.29 is 14.1 Å². The molecule has 0 saturated carbocycles. The van der Waals surface area contributed by atoms with Crippen LogP contribution in [0.15, 0.2) is 4.52 Å². The van der Waals surface area contributed by atoms with E-state index in [9.17, 15) is 9.59 Å². The van der Waals surface area contributed by atoms with Crippen LogP contribution in [0.3, 0.4) is 0 Å². The summed E-state index contributed by atoms with van der Waals surface area (Å²) in [5.41, 5.74) is -0.461. The van der Waals surface area contributed by atoms with Gasteiger partial charge in [0, 0.05) is 17.5 Å². The van der Waals surface area contributed by atoms with Crippen molar-refractivity contribution in [1.29, 1.82) is 0 Å². The fraction of sp³-hybridized carbons (Fsp3) is 0.765. The monoisotopic (exact) mass is 336 g/mol. The molecule has 134 valence electrons. The number of carbonyl (C=O) groups excluding carboxylic acids is 2. The molecule has 0 spiro atoms. The van der Waals surface area contributed by atoms with E-state index in [-0.39, 0.29) is 35.0 Å². The molecule has 1 fully saturated rings. The van der Waals surface area contributed by atoms with Gasteiger partial charge >= 0.3 is 0 Å². The summed E-state index contributed by atoms with van der Waals surface area (Å²) in [5.74, 6) is 0.181. The molecule has 1 aliphatic heterocycles. The van der Waals surface area contributed by atoms with Gasteiger partial charge in [-0.05, 0) is 33.6 Å². The lowest BCUT2D eigenvalue weighted by Crippen LogP contribution is -2.48. The fourth-order valence-electron chi connectivity index (χ4n) is 2.56. The lowest BCUT2D eigenvalue weighted by atomic mass is 9.97. The fourth-order valence-corrected chi connectivity index (χ4v) is 2.56. The van der Waals surface area contributed by atoms with Crippen LogP contribution < -0.4 is 5.32 Å². The molecule has 7 nitrogen and oxygen atoms in total. The quantitative estimate of drug-likeness (QED) is 0.845. The molecule has 7 heteroatoms. The van der Waals surface area contributed by atoms with Crippen molar-refractivity contribution in [3.63, 3.8) is 0 Å². The smallest absolute Gasteiger partial charge is 0.240 e. The van der Waals surface area contributed by atoms with Crippen molar-refractivity contribution in [2.24, 2.45) is 0 Å². The average Bonchev–Trinajstić information content (AvgIpc) is 3.11. The largest absolute Gasteiger partial charge is 0.338 e. The van der Waals surface area contributed by atoms with Crippen LogP contribution in [-0.4, -0.2) is 51.4 Å². The molecule has 1 aromatic heterocycles. The molecule has 2 rings (SSSR count). The van der Waals surface area contributed by atoms with Crippen molar-refractivity contribution in [3.8, 4) is 0 Å². The molecule has 1 unspecified atom stereocenters. The number of likely N-dealkylation sites (tertiary alicyclic amines) is 1. The summed E-state index contributed by atoms with van der Waals surface area (Å²) in [6, 6.07) is -0.496. The van der Waals surface area contributed by atoms with E-state index in [1.165, 1.54) is 0 Å². The summed E-state index contributed by atoms with van der Waals surface area (Å²) in [6.45, 7) is 12.6. The molecule has 1 atom stereocenters. The first-order chi connectivity index (χ1) is 11.0. The normalized spacial score (nSPS) is 18.9. The van der Waals surface area contributed by atoms with E-state index in [1.54, 1.807) is 4.90 Å². The Morgan fingerprint density at radius 2 is 1.92 bits per heavy atom. The van der Waals surface area contributed by atoms with Crippen molar-refractivity contribution in [3.05, 3.63) is 11.7 Å². The van der Waals surface area contributed by atoms with Crippen molar-refractivity contribution in [2.75, 3.05) is 13.1 Å². The number of rotatable bonds is 4. The summed E-state index contributed by atoms with van der Waals surface area (Å²) in [4.78, 5) is 31.0. The second-order valence-corrected chi connectivity index (χ2v) is 8.39. The Labute approximate surface area is 143 Å². The standard InChI is InChI=1S/C17H28N4O3/c1-16(2,3)15-19-14(20-24-15)13(23)11-8-7-9-21(11)12(22)10-18-17(4,5)6/h11,18H,7-10H2,1-6H3. The highest BCUT2D eigenvalue weighted by atomic mass is 16.5. The molecule has 1 aromatic rings. The Hall–Kier alpha value is -1.76. The highest BCUT2D eigenvalue weighted by Gasteiger charge is 2.37. The molecule has 2 heterocycles. The molecule has 1 amide bonds. The van der Waals surface area contributed by atoms with Gasteiger partial charge in [-0.15, -0.1) is 0 Å². The van der Waals surface area contributed by atoms with Gasteiger partial charge in [0.25, 0.3) is 0 Å². The zero-order valence-electron chi connectivity index (χ0n) is 15.5. The SMILES string of the molecule is CC(C)(C)NCC(=O)N1CCCC1C(=O)c1noc(C(C)(C)C)n1. The molecule has 0 bridgehead atoms. The molecule has 1 N–H and O–H groups in total. The summed E-state index contributed by atoms with van der Waals surface area (Å²) in [7, 11) is 0. The minimum Gasteiger partial charge on any atom is -0.338 e. The maximum absolute atomic E-state index is 12.7. The van der Waals surface area contributed by atoms with Gasteiger partial charge in [0.15, 0.2) is 0 Å². The minimum atomic E-state index is -0.496. The maximum Gasteiger partial charge on any atom is 0.240 e. The number of nitrogens with zero attached hydrogens (tertiary/aromatic N) is 3. The van der Waals surface area contributed by atoms with E-state index in [4.69, 9.17) is 4.52 Å². The first kappa shape index (κ1) is 18.6. The molecule has 0 aliphatic carbocycles. The van der Waals surface area contributed by atoms with Gasteiger partial charge < -0.3 is 14.7 Å². The predicted octanol–water partition coefficient (Wildman–Crippen LogP) is 1.93. The number of ketones is 1. The minimum absolute atomic E-state index is 0.0633. The zero-order chi connectivity index (χ0) is 18.1. The maximum atomic E-state index is 12.7. The van der Waals surface area contributed by atoms with Gasteiger partial charge in [-0.3, -0.25) is 9.59 Å². The topological polar surface area (TPSA) is 88.3 Å². The highest BCUT2D eigenvalue weighted by Crippen LogP contribution is 2.23. The average molecular weight is 336 g/mol. The first-order valence-corrected chi connectivity index (χ1v) is 8.42. The Kier molecular flexibility index (Phi) is 5.13. The van der Waals surface area contributed by atoms with E-state index in [0.717, 1.165) is 6.42 Å².